The van der Waals surface area contributed by atoms with Gasteiger partial charge < -0.3 is 14.8 Å². The van der Waals surface area contributed by atoms with Crippen LogP contribution in [0.5, 0.6) is 11.5 Å². The summed E-state index contributed by atoms with van der Waals surface area (Å²) in [5.74, 6) is -0.0975. The standard InChI is InChI=1S/C17H17ClN2O5/c1-11(13-5-3-4-6-14(13)18)19-17(21)10-25-16-8-7-12(24-2)9-15(16)20(22)23/h3-9,11H,10H2,1-2H3,(H,19,21). The van der Waals surface area contributed by atoms with Gasteiger partial charge in [0.25, 0.3) is 5.91 Å². The topological polar surface area (TPSA) is 90.7 Å². The van der Waals surface area contributed by atoms with Crippen molar-refractivity contribution < 1.29 is 19.2 Å². The highest BCUT2D eigenvalue weighted by Gasteiger charge is 2.18. The van der Waals surface area contributed by atoms with E-state index < -0.39 is 10.8 Å². The third-order valence-electron chi connectivity index (χ3n) is 3.47. The Morgan fingerprint density at radius 3 is 2.68 bits per heavy atom. The van der Waals surface area contributed by atoms with Gasteiger partial charge >= 0.3 is 5.69 Å². The second kappa shape index (κ2) is 8.34. The molecule has 2 rings (SSSR count). The Morgan fingerprint density at radius 2 is 2.04 bits per heavy atom. The average molecular weight is 365 g/mol. The molecule has 1 N–H and O–H groups in total. The number of amides is 1. The third-order valence-corrected chi connectivity index (χ3v) is 3.81. The molecule has 0 aromatic heterocycles. The Bertz CT molecular complexity index is 781. The number of hydrogen-bond donors (Lipinski definition) is 1. The maximum Gasteiger partial charge on any atom is 0.314 e. The highest BCUT2D eigenvalue weighted by atomic mass is 35.5. The second-order valence-electron chi connectivity index (χ2n) is 5.19. The summed E-state index contributed by atoms with van der Waals surface area (Å²) in [6.07, 6.45) is 0. The molecule has 2 aromatic rings. The van der Waals surface area contributed by atoms with Gasteiger partial charge in [0.05, 0.1) is 24.1 Å². The Morgan fingerprint density at radius 1 is 1.32 bits per heavy atom. The summed E-state index contributed by atoms with van der Waals surface area (Å²) in [4.78, 5) is 22.5. The van der Waals surface area contributed by atoms with Crippen LogP contribution in [0, 0.1) is 10.1 Å². The van der Waals surface area contributed by atoms with Crippen molar-refractivity contribution in [3.05, 3.63) is 63.2 Å². The summed E-state index contributed by atoms with van der Waals surface area (Å²) in [5.41, 5.74) is 0.499. The summed E-state index contributed by atoms with van der Waals surface area (Å²) >= 11 is 6.09. The fraction of sp³-hybridized carbons (Fsp3) is 0.235. The number of ether oxygens (including phenoxy) is 2. The molecule has 25 heavy (non-hydrogen) atoms. The summed E-state index contributed by atoms with van der Waals surface area (Å²) in [5, 5.41) is 14.4. The molecule has 0 aliphatic heterocycles. The minimum atomic E-state index is -0.595. The van der Waals surface area contributed by atoms with E-state index in [1.807, 2.05) is 12.1 Å². The smallest absolute Gasteiger partial charge is 0.314 e. The highest BCUT2D eigenvalue weighted by Crippen LogP contribution is 2.31. The molecule has 1 unspecified atom stereocenters. The van der Waals surface area contributed by atoms with E-state index in [-0.39, 0.29) is 24.1 Å². The van der Waals surface area contributed by atoms with Crippen LogP contribution in [-0.2, 0) is 4.79 Å². The zero-order chi connectivity index (χ0) is 18.4. The van der Waals surface area contributed by atoms with Crippen molar-refractivity contribution in [2.24, 2.45) is 0 Å². The predicted molar refractivity (Wildman–Crippen MR) is 93.2 cm³/mol. The predicted octanol–water partition coefficient (Wildman–Crippen LogP) is 3.51. The lowest BCUT2D eigenvalue weighted by Crippen LogP contribution is -2.31. The van der Waals surface area contributed by atoms with E-state index in [9.17, 15) is 14.9 Å². The van der Waals surface area contributed by atoms with Gasteiger partial charge in [-0.2, -0.15) is 0 Å². The molecule has 2 aromatic carbocycles. The van der Waals surface area contributed by atoms with E-state index >= 15 is 0 Å². The molecule has 1 amide bonds. The van der Waals surface area contributed by atoms with Crippen molar-refractivity contribution in [2.75, 3.05) is 13.7 Å². The number of nitrogens with one attached hydrogen (secondary N) is 1. The summed E-state index contributed by atoms with van der Waals surface area (Å²) in [6, 6.07) is 11.0. The lowest BCUT2D eigenvalue weighted by Gasteiger charge is -2.16. The molecular formula is C17H17ClN2O5. The molecule has 0 aliphatic carbocycles. The molecule has 8 heteroatoms. The van der Waals surface area contributed by atoms with Crippen LogP contribution in [0.3, 0.4) is 0 Å². The third kappa shape index (κ3) is 4.84. The summed E-state index contributed by atoms with van der Waals surface area (Å²) in [7, 11) is 1.41. The van der Waals surface area contributed by atoms with E-state index in [0.717, 1.165) is 5.56 Å². The molecule has 0 spiro atoms. The number of benzene rings is 2. The van der Waals surface area contributed by atoms with Gasteiger partial charge in [-0.05, 0) is 30.7 Å². The quantitative estimate of drug-likeness (QED) is 0.599. The fourth-order valence-electron chi connectivity index (χ4n) is 2.22. The molecule has 0 radical (unpaired) electrons. The van der Waals surface area contributed by atoms with Gasteiger partial charge in [0.1, 0.15) is 5.75 Å². The Hall–Kier alpha value is -2.80. The first-order valence-electron chi connectivity index (χ1n) is 7.41. The van der Waals surface area contributed by atoms with Crippen LogP contribution in [0.15, 0.2) is 42.5 Å². The van der Waals surface area contributed by atoms with Crippen molar-refractivity contribution >= 4 is 23.2 Å². The number of nitrogens with zero attached hydrogens (tertiary/aromatic N) is 1. The number of hydrogen-bond acceptors (Lipinski definition) is 5. The van der Waals surface area contributed by atoms with Gasteiger partial charge in [0.2, 0.25) is 0 Å². The highest BCUT2D eigenvalue weighted by molar-refractivity contribution is 6.31. The van der Waals surface area contributed by atoms with Crippen LogP contribution in [0.4, 0.5) is 5.69 Å². The first-order chi connectivity index (χ1) is 11.9. The van der Waals surface area contributed by atoms with Gasteiger partial charge in [0, 0.05) is 5.02 Å². The lowest BCUT2D eigenvalue weighted by molar-refractivity contribution is -0.385. The largest absolute Gasteiger partial charge is 0.496 e. The molecule has 0 bridgehead atoms. The minimum Gasteiger partial charge on any atom is -0.496 e. The molecule has 132 valence electrons. The number of halogens is 1. The van der Waals surface area contributed by atoms with Crippen LogP contribution >= 0.6 is 11.6 Å². The van der Waals surface area contributed by atoms with Gasteiger partial charge in [-0.15, -0.1) is 0 Å². The molecular weight excluding hydrogens is 348 g/mol. The van der Waals surface area contributed by atoms with Crippen LogP contribution in [0.2, 0.25) is 5.02 Å². The van der Waals surface area contributed by atoms with E-state index in [4.69, 9.17) is 21.1 Å². The number of rotatable bonds is 7. The van der Waals surface area contributed by atoms with Crippen molar-refractivity contribution in [3.63, 3.8) is 0 Å². The normalized spacial score (nSPS) is 11.5. The number of carbonyl (C=O) groups is 1. The van der Waals surface area contributed by atoms with E-state index in [0.29, 0.717) is 10.8 Å². The molecule has 0 saturated heterocycles. The zero-order valence-electron chi connectivity index (χ0n) is 13.7. The number of methoxy groups -OCH3 is 1. The molecule has 0 aliphatic rings. The summed E-state index contributed by atoms with van der Waals surface area (Å²) < 4.78 is 10.2. The van der Waals surface area contributed by atoms with Crippen molar-refractivity contribution in [3.8, 4) is 11.5 Å². The zero-order valence-corrected chi connectivity index (χ0v) is 14.4. The first-order valence-corrected chi connectivity index (χ1v) is 7.79. The first kappa shape index (κ1) is 18.5. The molecule has 0 fully saturated rings. The number of nitro benzene ring substituents is 1. The van der Waals surface area contributed by atoms with Crippen LogP contribution in [0.1, 0.15) is 18.5 Å². The van der Waals surface area contributed by atoms with E-state index in [1.54, 1.807) is 19.1 Å². The summed E-state index contributed by atoms with van der Waals surface area (Å²) in [6.45, 7) is 1.43. The van der Waals surface area contributed by atoms with Crippen molar-refractivity contribution in [1.82, 2.24) is 5.32 Å². The number of nitro groups is 1. The molecule has 0 saturated carbocycles. The van der Waals surface area contributed by atoms with E-state index in [1.165, 1.54) is 25.3 Å². The lowest BCUT2D eigenvalue weighted by atomic mass is 10.1. The number of carbonyl (C=O) groups excluding carboxylic acids is 1. The maximum atomic E-state index is 12.0. The molecule has 0 heterocycles. The van der Waals surface area contributed by atoms with Crippen LogP contribution < -0.4 is 14.8 Å². The van der Waals surface area contributed by atoms with Gasteiger partial charge in [-0.25, -0.2) is 0 Å². The van der Waals surface area contributed by atoms with Gasteiger partial charge in [-0.1, -0.05) is 29.8 Å². The minimum absolute atomic E-state index is 0.00801. The average Bonchev–Trinajstić information content (AvgIpc) is 2.60. The maximum absolute atomic E-state index is 12.0. The Balaban J connectivity index is 2.00. The van der Waals surface area contributed by atoms with E-state index in [2.05, 4.69) is 5.32 Å². The van der Waals surface area contributed by atoms with Gasteiger partial charge in [0.15, 0.2) is 12.4 Å². The second-order valence-corrected chi connectivity index (χ2v) is 5.60. The fourth-order valence-corrected chi connectivity index (χ4v) is 2.52. The molecule has 7 nitrogen and oxygen atoms in total. The van der Waals surface area contributed by atoms with Gasteiger partial charge in [-0.3, -0.25) is 14.9 Å². The van der Waals surface area contributed by atoms with Crippen LogP contribution in [-0.4, -0.2) is 24.5 Å². The Labute approximate surface area is 149 Å². The Kier molecular flexibility index (Phi) is 6.19. The van der Waals surface area contributed by atoms with Crippen molar-refractivity contribution in [2.45, 2.75) is 13.0 Å². The van der Waals surface area contributed by atoms with Crippen molar-refractivity contribution in [1.29, 1.82) is 0 Å². The SMILES string of the molecule is COc1ccc(OCC(=O)NC(C)c2ccccc2Cl)c([N+](=O)[O-])c1. The monoisotopic (exact) mass is 364 g/mol. The van der Waals surface area contributed by atoms with Crippen LogP contribution in [0.25, 0.3) is 0 Å². The molecule has 1 atom stereocenters.